The van der Waals surface area contributed by atoms with Crippen molar-refractivity contribution in [2.45, 2.75) is 37.1 Å². The second kappa shape index (κ2) is 7.48. The minimum atomic E-state index is -0.668. The quantitative estimate of drug-likeness (QED) is 0.715. The maximum atomic E-state index is 11.1. The number of fused-ring (bicyclic) bond motifs is 2. The van der Waals surface area contributed by atoms with Crippen LogP contribution >= 0.6 is 0 Å². The van der Waals surface area contributed by atoms with Crippen molar-refractivity contribution in [2.75, 3.05) is 6.61 Å². The minimum absolute atomic E-state index is 0.163. The highest BCUT2D eigenvalue weighted by molar-refractivity contribution is 5.61. The van der Waals surface area contributed by atoms with Gasteiger partial charge in [-0.2, -0.15) is 5.10 Å². The SMILES string of the molecule is O[C@H]1[C@H](NCc2ccccc2)[C@H]2CO[C@H](O2)[C@@H]1n1cc(-c2ccccc2)cn1. The summed E-state index contributed by atoms with van der Waals surface area (Å²) in [6.45, 7) is 1.13. The van der Waals surface area contributed by atoms with Crippen LogP contribution in [0, 0.1) is 0 Å². The summed E-state index contributed by atoms with van der Waals surface area (Å²) in [4.78, 5) is 0. The van der Waals surface area contributed by atoms with Crippen molar-refractivity contribution in [3.8, 4) is 11.1 Å². The van der Waals surface area contributed by atoms with Crippen molar-refractivity contribution in [1.29, 1.82) is 0 Å². The average Bonchev–Trinajstić information content (AvgIpc) is 3.39. The van der Waals surface area contributed by atoms with Crippen LogP contribution in [0.3, 0.4) is 0 Å². The Morgan fingerprint density at radius 3 is 2.57 bits per heavy atom. The summed E-state index contributed by atoms with van der Waals surface area (Å²) in [7, 11) is 0. The largest absolute Gasteiger partial charge is 0.389 e. The second-order valence-corrected chi connectivity index (χ2v) is 7.32. The molecule has 2 aromatic carbocycles. The van der Waals surface area contributed by atoms with E-state index in [9.17, 15) is 5.11 Å². The van der Waals surface area contributed by atoms with Gasteiger partial charge in [-0.1, -0.05) is 60.7 Å². The number of nitrogens with zero attached hydrogens (tertiary/aromatic N) is 2. The van der Waals surface area contributed by atoms with Crippen molar-refractivity contribution in [3.63, 3.8) is 0 Å². The highest BCUT2D eigenvalue weighted by Gasteiger charge is 2.51. The van der Waals surface area contributed by atoms with Crippen molar-refractivity contribution in [2.24, 2.45) is 0 Å². The van der Waals surface area contributed by atoms with Gasteiger partial charge in [0.05, 0.1) is 24.9 Å². The van der Waals surface area contributed by atoms with Crippen molar-refractivity contribution in [1.82, 2.24) is 15.1 Å². The summed E-state index contributed by atoms with van der Waals surface area (Å²) in [5.74, 6) is 0. The van der Waals surface area contributed by atoms with Crippen LogP contribution in [-0.2, 0) is 16.0 Å². The van der Waals surface area contributed by atoms with Crippen LogP contribution in [0.15, 0.2) is 73.1 Å². The number of nitrogens with one attached hydrogen (secondary N) is 1. The third-order valence-electron chi connectivity index (χ3n) is 5.53. The lowest BCUT2D eigenvalue weighted by atomic mass is 9.96. The first kappa shape index (κ1) is 17.6. The van der Waals surface area contributed by atoms with Gasteiger partial charge in [-0.05, 0) is 11.1 Å². The molecule has 2 fully saturated rings. The van der Waals surface area contributed by atoms with Crippen LogP contribution in [0.25, 0.3) is 11.1 Å². The molecule has 2 aliphatic rings. The zero-order valence-electron chi connectivity index (χ0n) is 15.4. The number of rotatable bonds is 5. The maximum Gasteiger partial charge on any atom is 0.183 e. The Morgan fingerprint density at radius 2 is 1.79 bits per heavy atom. The topological polar surface area (TPSA) is 68.5 Å². The second-order valence-electron chi connectivity index (χ2n) is 7.32. The molecule has 3 aromatic rings. The molecule has 144 valence electrons. The third kappa shape index (κ3) is 3.25. The monoisotopic (exact) mass is 377 g/mol. The molecule has 1 aromatic heterocycles. The summed E-state index contributed by atoms with van der Waals surface area (Å²) in [5, 5.41) is 19.1. The minimum Gasteiger partial charge on any atom is -0.389 e. The van der Waals surface area contributed by atoms with Gasteiger partial charge < -0.3 is 19.9 Å². The Bertz CT molecular complexity index is 915. The van der Waals surface area contributed by atoms with Crippen LogP contribution in [0.5, 0.6) is 0 Å². The maximum absolute atomic E-state index is 11.1. The van der Waals surface area contributed by atoms with Crippen molar-refractivity contribution >= 4 is 0 Å². The Morgan fingerprint density at radius 1 is 1.04 bits per heavy atom. The molecular weight excluding hydrogens is 354 g/mol. The molecule has 28 heavy (non-hydrogen) atoms. The van der Waals surface area contributed by atoms with Crippen molar-refractivity contribution in [3.05, 3.63) is 78.6 Å². The summed E-state index contributed by atoms with van der Waals surface area (Å²) < 4.78 is 13.6. The van der Waals surface area contributed by atoms with E-state index in [2.05, 4.69) is 22.5 Å². The van der Waals surface area contributed by atoms with E-state index in [4.69, 9.17) is 9.47 Å². The molecule has 3 heterocycles. The molecule has 6 heteroatoms. The van der Waals surface area contributed by atoms with Crippen LogP contribution in [-0.4, -0.2) is 46.0 Å². The van der Waals surface area contributed by atoms with Gasteiger partial charge in [-0.25, -0.2) is 0 Å². The molecule has 2 saturated heterocycles. The number of aromatic nitrogens is 2. The predicted octanol–water partition coefficient (Wildman–Crippen LogP) is 2.37. The van der Waals surface area contributed by atoms with E-state index >= 15 is 0 Å². The highest BCUT2D eigenvalue weighted by Crippen LogP contribution is 2.36. The Labute approximate surface area is 163 Å². The number of aliphatic hydroxyl groups excluding tert-OH is 1. The molecule has 0 radical (unpaired) electrons. The number of aliphatic hydroxyl groups is 1. The molecule has 2 aliphatic heterocycles. The van der Waals surface area contributed by atoms with Gasteiger partial charge in [0.1, 0.15) is 12.1 Å². The number of hydrogen-bond donors (Lipinski definition) is 2. The van der Waals surface area contributed by atoms with Gasteiger partial charge in [0.15, 0.2) is 6.29 Å². The van der Waals surface area contributed by atoms with E-state index in [1.165, 1.54) is 0 Å². The molecule has 5 rings (SSSR count). The smallest absolute Gasteiger partial charge is 0.183 e. The molecule has 2 N–H and O–H groups in total. The van der Waals surface area contributed by atoms with Gasteiger partial charge in [-0.15, -0.1) is 0 Å². The zero-order valence-corrected chi connectivity index (χ0v) is 15.4. The number of benzene rings is 2. The number of ether oxygens (including phenoxy) is 2. The lowest BCUT2D eigenvalue weighted by Gasteiger charge is -2.38. The van der Waals surface area contributed by atoms with Gasteiger partial charge in [-0.3, -0.25) is 4.68 Å². The Kier molecular flexibility index (Phi) is 4.70. The Hall–Kier alpha value is -2.51. The van der Waals surface area contributed by atoms with E-state index in [0.717, 1.165) is 16.7 Å². The lowest BCUT2D eigenvalue weighted by Crippen LogP contribution is -2.57. The predicted molar refractivity (Wildman–Crippen MR) is 104 cm³/mol. The molecule has 6 nitrogen and oxygen atoms in total. The van der Waals surface area contributed by atoms with E-state index in [-0.39, 0.29) is 12.1 Å². The van der Waals surface area contributed by atoms with E-state index in [1.54, 1.807) is 4.68 Å². The van der Waals surface area contributed by atoms with Gasteiger partial charge >= 0.3 is 0 Å². The van der Waals surface area contributed by atoms with E-state index < -0.39 is 18.4 Å². The third-order valence-corrected chi connectivity index (χ3v) is 5.53. The van der Waals surface area contributed by atoms with Crippen LogP contribution in [0.1, 0.15) is 11.6 Å². The normalized spacial score (nSPS) is 29.1. The summed E-state index contributed by atoms with van der Waals surface area (Å²) in [6, 6.07) is 19.6. The molecule has 0 aliphatic carbocycles. The molecule has 5 atom stereocenters. The van der Waals surface area contributed by atoms with Crippen LogP contribution in [0.2, 0.25) is 0 Å². The molecule has 2 bridgehead atoms. The van der Waals surface area contributed by atoms with Crippen LogP contribution < -0.4 is 5.32 Å². The fourth-order valence-corrected chi connectivity index (χ4v) is 4.05. The van der Waals surface area contributed by atoms with Crippen LogP contribution in [0.4, 0.5) is 0 Å². The fourth-order valence-electron chi connectivity index (χ4n) is 4.05. The summed E-state index contributed by atoms with van der Waals surface area (Å²) >= 11 is 0. The molecule has 0 unspecified atom stereocenters. The van der Waals surface area contributed by atoms with Gasteiger partial charge in [0.25, 0.3) is 0 Å². The standard InChI is InChI=1S/C22H23N3O3/c26-21-19(23-11-15-7-3-1-4-8-15)18-14-27-22(28-18)20(21)25-13-17(12-24-25)16-9-5-2-6-10-16/h1-10,12-13,18-23,26H,11,14H2/t18-,19-,20-,21+,22-/m1/s1. The van der Waals surface area contributed by atoms with Gasteiger partial charge in [0.2, 0.25) is 0 Å². The molecular formula is C22H23N3O3. The summed E-state index contributed by atoms with van der Waals surface area (Å²) in [6.07, 6.45) is 2.44. The molecule has 0 saturated carbocycles. The first-order valence-corrected chi connectivity index (χ1v) is 9.61. The van der Waals surface area contributed by atoms with Gasteiger partial charge in [0, 0.05) is 18.3 Å². The van der Waals surface area contributed by atoms with E-state index in [0.29, 0.717) is 13.2 Å². The average molecular weight is 377 g/mol. The molecule has 0 spiro atoms. The lowest BCUT2D eigenvalue weighted by molar-refractivity contribution is -0.168. The van der Waals surface area contributed by atoms with E-state index in [1.807, 2.05) is 60.9 Å². The highest BCUT2D eigenvalue weighted by atomic mass is 16.7. The Balaban J connectivity index is 1.37. The molecule has 0 amide bonds. The first-order valence-electron chi connectivity index (χ1n) is 9.61. The zero-order chi connectivity index (χ0) is 18.9. The fraction of sp³-hybridized carbons (Fsp3) is 0.318. The van der Waals surface area contributed by atoms with Crippen molar-refractivity contribution < 1.29 is 14.6 Å². The first-order chi connectivity index (χ1) is 13.8. The number of hydrogen-bond acceptors (Lipinski definition) is 5. The summed E-state index contributed by atoms with van der Waals surface area (Å²) in [5.41, 5.74) is 3.25.